The lowest BCUT2D eigenvalue weighted by molar-refractivity contribution is 0.0403. The molecule has 4 nitrogen and oxygen atoms in total. The van der Waals surface area contributed by atoms with Gasteiger partial charge in [-0.25, -0.2) is 4.79 Å². The summed E-state index contributed by atoms with van der Waals surface area (Å²) < 4.78 is 5.44. The minimum atomic E-state index is -1.66. The van der Waals surface area contributed by atoms with Crippen molar-refractivity contribution in [3.05, 3.63) is 35.9 Å². The summed E-state index contributed by atoms with van der Waals surface area (Å²) in [5.74, 6) is 12.1. The zero-order valence-corrected chi connectivity index (χ0v) is 19.9. The summed E-state index contributed by atoms with van der Waals surface area (Å²) in [5.41, 5.74) is -1.32. The fourth-order valence-corrected chi connectivity index (χ4v) is 2.93. The highest BCUT2D eigenvalue weighted by atomic mass is 16.6. The molecule has 1 rings (SSSR count). The van der Waals surface area contributed by atoms with Gasteiger partial charge in [-0.05, 0) is 45.6 Å². The number of rotatable bonds is 9. The molecule has 0 aliphatic heterocycles. The van der Waals surface area contributed by atoms with Crippen LogP contribution in [0.1, 0.15) is 85.1 Å². The van der Waals surface area contributed by atoms with Crippen LogP contribution in [0.4, 0.5) is 4.79 Å². The summed E-state index contributed by atoms with van der Waals surface area (Å²) in [6, 6.07) is 9.00. The fourth-order valence-electron chi connectivity index (χ4n) is 2.93. The van der Waals surface area contributed by atoms with Gasteiger partial charge in [0.05, 0.1) is 6.04 Å². The van der Waals surface area contributed by atoms with Gasteiger partial charge < -0.3 is 15.2 Å². The van der Waals surface area contributed by atoms with Gasteiger partial charge in [0.15, 0.2) is 0 Å². The molecule has 0 spiro atoms. The Morgan fingerprint density at radius 1 is 1.00 bits per heavy atom. The van der Waals surface area contributed by atoms with Crippen LogP contribution >= 0.6 is 0 Å². The number of ether oxygens (including phenoxy) is 1. The van der Waals surface area contributed by atoms with E-state index in [1.807, 2.05) is 51.1 Å². The van der Waals surface area contributed by atoms with E-state index in [2.05, 4.69) is 42.8 Å². The molecule has 1 aromatic carbocycles. The SMILES string of the molecule is CCCCC#CC(O)(C#CCCCCC)C(Cc1ccccc1)NC(=O)OC(C)(C)C. The van der Waals surface area contributed by atoms with Crippen LogP contribution in [-0.2, 0) is 11.2 Å². The number of carbonyl (C=O) groups is 1. The number of hydrogen-bond acceptors (Lipinski definition) is 3. The highest BCUT2D eigenvalue weighted by molar-refractivity contribution is 5.69. The molecule has 0 saturated carbocycles. The lowest BCUT2D eigenvalue weighted by atomic mass is 9.89. The van der Waals surface area contributed by atoms with Crippen LogP contribution in [0.25, 0.3) is 0 Å². The van der Waals surface area contributed by atoms with Crippen LogP contribution < -0.4 is 5.32 Å². The van der Waals surface area contributed by atoms with E-state index in [-0.39, 0.29) is 0 Å². The fraction of sp³-hybridized carbons (Fsp3) is 0.593. The maximum absolute atomic E-state index is 12.6. The van der Waals surface area contributed by atoms with E-state index in [9.17, 15) is 9.90 Å². The van der Waals surface area contributed by atoms with E-state index >= 15 is 0 Å². The Balaban J connectivity index is 3.21. The lowest BCUT2D eigenvalue weighted by Crippen LogP contribution is -2.53. The monoisotopic (exact) mass is 425 g/mol. The van der Waals surface area contributed by atoms with Crippen LogP contribution in [0.5, 0.6) is 0 Å². The largest absolute Gasteiger partial charge is 0.444 e. The number of amides is 1. The Morgan fingerprint density at radius 2 is 1.58 bits per heavy atom. The maximum atomic E-state index is 12.6. The van der Waals surface area contributed by atoms with Crippen molar-refractivity contribution in [2.75, 3.05) is 0 Å². The molecular formula is C27H39NO3. The van der Waals surface area contributed by atoms with Crippen molar-refractivity contribution in [1.82, 2.24) is 5.32 Å². The van der Waals surface area contributed by atoms with Crippen molar-refractivity contribution in [2.24, 2.45) is 0 Å². The van der Waals surface area contributed by atoms with Gasteiger partial charge in [-0.3, -0.25) is 0 Å². The smallest absolute Gasteiger partial charge is 0.408 e. The molecule has 0 saturated heterocycles. The van der Waals surface area contributed by atoms with Gasteiger partial charge in [-0.1, -0.05) is 87.1 Å². The van der Waals surface area contributed by atoms with Crippen molar-refractivity contribution >= 4 is 6.09 Å². The molecule has 31 heavy (non-hydrogen) atoms. The predicted molar refractivity (Wildman–Crippen MR) is 127 cm³/mol. The van der Waals surface area contributed by atoms with Gasteiger partial charge in [-0.2, -0.15) is 0 Å². The van der Waals surface area contributed by atoms with Crippen LogP contribution in [0, 0.1) is 23.7 Å². The number of hydrogen-bond donors (Lipinski definition) is 2. The molecule has 2 N–H and O–H groups in total. The molecule has 0 fully saturated rings. The van der Waals surface area contributed by atoms with E-state index < -0.39 is 23.3 Å². The average molecular weight is 426 g/mol. The minimum Gasteiger partial charge on any atom is -0.444 e. The Kier molecular flexibility index (Phi) is 11.8. The molecule has 2 atom stereocenters. The van der Waals surface area contributed by atoms with E-state index in [4.69, 9.17) is 4.74 Å². The van der Waals surface area contributed by atoms with E-state index in [0.717, 1.165) is 37.7 Å². The number of aliphatic hydroxyl groups is 1. The Bertz CT molecular complexity index is 774. The maximum Gasteiger partial charge on any atom is 0.408 e. The summed E-state index contributed by atoms with van der Waals surface area (Å²) in [4.78, 5) is 12.6. The third-order valence-corrected chi connectivity index (χ3v) is 4.60. The highest BCUT2D eigenvalue weighted by Gasteiger charge is 2.36. The van der Waals surface area contributed by atoms with Crippen molar-refractivity contribution in [1.29, 1.82) is 0 Å². The summed E-state index contributed by atoms with van der Waals surface area (Å²) in [7, 11) is 0. The predicted octanol–water partition coefficient (Wildman–Crippen LogP) is 5.63. The zero-order chi connectivity index (χ0) is 23.2. The van der Waals surface area contributed by atoms with E-state index in [1.54, 1.807) is 0 Å². The molecule has 4 heteroatoms. The first-order chi connectivity index (χ1) is 14.7. The van der Waals surface area contributed by atoms with Crippen molar-refractivity contribution in [3.8, 4) is 23.7 Å². The standard InChI is InChI=1S/C27H39NO3/c1-6-8-10-12-17-21-27(30,20-16-11-9-7-2)24(22-23-18-14-13-15-19-23)28-25(29)31-26(3,4)5/h13-15,18-19,24,30H,6-12,22H2,1-5H3,(H,28,29). The van der Waals surface area contributed by atoms with Crippen molar-refractivity contribution in [2.45, 2.75) is 103 Å². The van der Waals surface area contributed by atoms with Gasteiger partial charge in [0, 0.05) is 12.8 Å². The third kappa shape index (κ3) is 11.5. The molecule has 0 aliphatic rings. The summed E-state index contributed by atoms with van der Waals surface area (Å²) in [6.45, 7) is 9.67. The zero-order valence-electron chi connectivity index (χ0n) is 19.9. The van der Waals surface area contributed by atoms with Crippen molar-refractivity contribution < 1.29 is 14.6 Å². The topological polar surface area (TPSA) is 58.6 Å². The summed E-state index contributed by atoms with van der Waals surface area (Å²) in [5, 5.41) is 14.4. The molecule has 0 bridgehead atoms. The van der Waals surface area contributed by atoms with Crippen LogP contribution in [0.2, 0.25) is 0 Å². The number of alkyl carbamates (subject to hydrolysis) is 1. The second-order valence-electron chi connectivity index (χ2n) is 8.82. The molecule has 1 amide bonds. The Morgan fingerprint density at radius 3 is 2.13 bits per heavy atom. The molecule has 0 aliphatic carbocycles. The lowest BCUT2D eigenvalue weighted by Gasteiger charge is -2.30. The molecule has 0 radical (unpaired) electrons. The van der Waals surface area contributed by atoms with Gasteiger partial charge in [0.2, 0.25) is 5.60 Å². The first-order valence-corrected chi connectivity index (χ1v) is 11.5. The number of benzene rings is 1. The number of nitrogens with one attached hydrogen (secondary N) is 1. The number of carbonyl (C=O) groups excluding carboxylic acids is 1. The highest BCUT2D eigenvalue weighted by Crippen LogP contribution is 2.17. The van der Waals surface area contributed by atoms with Crippen LogP contribution in [-0.4, -0.2) is 28.4 Å². The van der Waals surface area contributed by atoms with Crippen LogP contribution in [0.3, 0.4) is 0 Å². The normalized spacial score (nSPS) is 13.6. The first kappa shape index (κ1) is 26.6. The van der Waals surface area contributed by atoms with E-state index in [1.165, 1.54) is 0 Å². The van der Waals surface area contributed by atoms with Crippen molar-refractivity contribution in [3.63, 3.8) is 0 Å². The first-order valence-electron chi connectivity index (χ1n) is 11.5. The minimum absolute atomic E-state index is 0.392. The Hall–Kier alpha value is -2.43. The summed E-state index contributed by atoms with van der Waals surface area (Å²) >= 11 is 0. The molecule has 0 heterocycles. The second kappa shape index (κ2) is 13.8. The van der Waals surface area contributed by atoms with Gasteiger partial charge >= 0.3 is 6.09 Å². The number of unbranched alkanes of at least 4 members (excludes halogenated alkanes) is 5. The second-order valence-corrected chi connectivity index (χ2v) is 8.82. The summed E-state index contributed by atoms with van der Waals surface area (Å²) in [6.07, 6.45) is 6.34. The Labute approximate surface area is 189 Å². The van der Waals surface area contributed by atoms with E-state index in [0.29, 0.717) is 19.3 Å². The average Bonchev–Trinajstić information content (AvgIpc) is 2.70. The van der Waals surface area contributed by atoms with Gasteiger partial charge in [0.1, 0.15) is 5.60 Å². The van der Waals surface area contributed by atoms with Gasteiger partial charge in [0.25, 0.3) is 0 Å². The molecule has 170 valence electrons. The molecule has 1 aromatic rings. The molecule has 0 aromatic heterocycles. The quantitative estimate of drug-likeness (QED) is 0.398. The third-order valence-electron chi connectivity index (χ3n) is 4.60. The van der Waals surface area contributed by atoms with Crippen LogP contribution in [0.15, 0.2) is 30.3 Å². The molecule has 2 unspecified atom stereocenters. The van der Waals surface area contributed by atoms with Gasteiger partial charge in [-0.15, -0.1) is 0 Å². The molecular weight excluding hydrogens is 386 g/mol.